The van der Waals surface area contributed by atoms with Crippen LogP contribution in [0.3, 0.4) is 0 Å². The third-order valence-corrected chi connectivity index (χ3v) is 6.21. The number of piperidine rings is 2. The highest BCUT2D eigenvalue weighted by Crippen LogP contribution is 2.38. The average Bonchev–Trinajstić information content (AvgIpc) is 3.20. The lowest BCUT2D eigenvalue weighted by Crippen LogP contribution is -2.49. The largest absolute Gasteiger partial charge is 0.356 e. The predicted molar refractivity (Wildman–Crippen MR) is 105 cm³/mol. The number of halogens is 2. The van der Waals surface area contributed by atoms with Crippen LogP contribution in [0.25, 0.3) is 17.0 Å². The molecule has 2 saturated heterocycles. The molecule has 10 heteroatoms. The smallest absolute Gasteiger partial charge is 0.282 e. The van der Waals surface area contributed by atoms with Gasteiger partial charge in [-0.25, -0.2) is 28.2 Å². The molecule has 0 bridgehead atoms. The summed E-state index contributed by atoms with van der Waals surface area (Å²) in [5.74, 6) is 0.926. The van der Waals surface area contributed by atoms with E-state index in [1.165, 1.54) is 23.0 Å². The van der Waals surface area contributed by atoms with Gasteiger partial charge in [0.2, 0.25) is 5.91 Å². The summed E-state index contributed by atoms with van der Waals surface area (Å²) >= 11 is 0. The molecule has 0 unspecified atom stereocenters. The number of carbonyl (C=O) groups excluding carboxylic acids is 1. The van der Waals surface area contributed by atoms with Crippen molar-refractivity contribution in [1.29, 1.82) is 0 Å². The molecule has 5 heterocycles. The van der Waals surface area contributed by atoms with Crippen LogP contribution in [0.15, 0.2) is 30.7 Å². The summed E-state index contributed by atoms with van der Waals surface area (Å²) in [7, 11) is 0. The van der Waals surface area contributed by atoms with Gasteiger partial charge < -0.3 is 10.2 Å². The fourth-order valence-electron chi connectivity index (χ4n) is 4.32. The molecular weight excluding hydrogens is 392 g/mol. The Morgan fingerprint density at radius 2 is 1.93 bits per heavy atom. The first-order valence-corrected chi connectivity index (χ1v) is 10.00. The second kappa shape index (κ2) is 7.26. The number of amides is 1. The molecule has 0 radical (unpaired) electrons. The van der Waals surface area contributed by atoms with Crippen molar-refractivity contribution in [2.45, 2.75) is 32.1 Å². The van der Waals surface area contributed by atoms with Gasteiger partial charge in [0.05, 0.1) is 11.9 Å². The van der Waals surface area contributed by atoms with Gasteiger partial charge >= 0.3 is 0 Å². The highest BCUT2D eigenvalue weighted by atomic mass is 19.3. The second-order valence-corrected chi connectivity index (χ2v) is 8.00. The standard InChI is InChI=1S/C20H21F2N7O/c21-19(22)13-1-2-16-23-10-15(29(16)27-13)14-9-17(26-12-25-14)28-7-5-20(6-8-28)4-3-18(30)24-11-20/h1-2,9-10,12,19H,3-8,11H2,(H,24,30). The van der Waals surface area contributed by atoms with Gasteiger partial charge in [0.15, 0.2) is 5.65 Å². The summed E-state index contributed by atoms with van der Waals surface area (Å²) in [6, 6.07) is 4.65. The van der Waals surface area contributed by atoms with Gasteiger partial charge in [0.25, 0.3) is 6.43 Å². The number of aromatic nitrogens is 5. The van der Waals surface area contributed by atoms with Gasteiger partial charge in [-0.05, 0) is 36.8 Å². The summed E-state index contributed by atoms with van der Waals surface area (Å²) in [6.07, 6.45) is 3.91. The van der Waals surface area contributed by atoms with Gasteiger partial charge in [-0.15, -0.1) is 0 Å². The fraction of sp³-hybridized carbons (Fsp3) is 0.450. The molecule has 0 aromatic carbocycles. The zero-order valence-electron chi connectivity index (χ0n) is 16.3. The third kappa shape index (κ3) is 3.35. The predicted octanol–water partition coefficient (Wildman–Crippen LogP) is 2.62. The summed E-state index contributed by atoms with van der Waals surface area (Å²) in [4.78, 5) is 26.7. The zero-order valence-corrected chi connectivity index (χ0v) is 16.3. The lowest BCUT2D eigenvalue weighted by Gasteiger charge is -2.44. The van der Waals surface area contributed by atoms with E-state index in [1.807, 2.05) is 6.07 Å². The number of anilines is 1. The average molecular weight is 413 g/mol. The first-order chi connectivity index (χ1) is 14.5. The summed E-state index contributed by atoms with van der Waals surface area (Å²) < 4.78 is 27.5. The summed E-state index contributed by atoms with van der Waals surface area (Å²) in [5, 5.41) is 7.01. The molecule has 3 aromatic heterocycles. The number of fused-ring (bicyclic) bond motifs is 1. The molecule has 156 valence electrons. The van der Waals surface area contributed by atoms with Crippen molar-refractivity contribution in [3.8, 4) is 11.4 Å². The Hall–Kier alpha value is -3.17. The Balaban J connectivity index is 1.38. The van der Waals surface area contributed by atoms with Crippen molar-refractivity contribution >= 4 is 17.4 Å². The number of carbonyl (C=O) groups is 1. The van der Waals surface area contributed by atoms with Crippen LogP contribution in [0.2, 0.25) is 0 Å². The van der Waals surface area contributed by atoms with Crippen LogP contribution in [0, 0.1) is 5.41 Å². The Bertz CT molecular complexity index is 1080. The maximum atomic E-state index is 13.1. The molecular formula is C20H21F2N7O. The lowest BCUT2D eigenvalue weighted by atomic mass is 9.73. The minimum Gasteiger partial charge on any atom is -0.356 e. The van der Waals surface area contributed by atoms with Crippen molar-refractivity contribution in [3.63, 3.8) is 0 Å². The van der Waals surface area contributed by atoms with E-state index in [0.29, 0.717) is 23.5 Å². The molecule has 2 aliphatic rings. The minimum atomic E-state index is -2.66. The monoisotopic (exact) mass is 413 g/mol. The quantitative estimate of drug-likeness (QED) is 0.710. The molecule has 8 nitrogen and oxygen atoms in total. The SMILES string of the molecule is O=C1CCC2(CCN(c3cc(-c4cnc5ccc(C(F)F)nn45)ncn3)CC2)CN1. The Labute approximate surface area is 171 Å². The van der Waals surface area contributed by atoms with Gasteiger partial charge in [-0.1, -0.05) is 0 Å². The summed E-state index contributed by atoms with van der Waals surface area (Å²) in [5.41, 5.74) is 1.47. The molecule has 30 heavy (non-hydrogen) atoms. The van der Waals surface area contributed by atoms with Crippen molar-refractivity contribution < 1.29 is 13.6 Å². The van der Waals surface area contributed by atoms with E-state index in [-0.39, 0.29) is 17.0 Å². The van der Waals surface area contributed by atoms with Crippen LogP contribution in [-0.2, 0) is 4.79 Å². The molecule has 1 N–H and O–H groups in total. The van der Waals surface area contributed by atoms with E-state index in [2.05, 4.69) is 30.3 Å². The zero-order chi connectivity index (χ0) is 20.7. The first kappa shape index (κ1) is 18.8. The van der Waals surface area contributed by atoms with E-state index in [1.54, 1.807) is 6.20 Å². The van der Waals surface area contributed by atoms with Crippen LogP contribution in [-0.4, -0.2) is 50.1 Å². The van der Waals surface area contributed by atoms with E-state index in [0.717, 1.165) is 44.7 Å². The van der Waals surface area contributed by atoms with Gasteiger partial charge in [0.1, 0.15) is 23.5 Å². The number of rotatable bonds is 3. The fourth-order valence-corrected chi connectivity index (χ4v) is 4.32. The number of hydrogen-bond donors (Lipinski definition) is 1. The number of alkyl halides is 2. The number of hydrogen-bond acceptors (Lipinski definition) is 6. The highest BCUT2D eigenvalue weighted by molar-refractivity contribution is 5.76. The van der Waals surface area contributed by atoms with Gasteiger partial charge in [0, 0.05) is 32.1 Å². The molecule has 1 amide bonds. The maximum Gasteiger partial charge on any atom is 0.282 e. The topological polar surface area (TPSA) is 88.3 Å². The van der Waals surface area contributed by atoms with E-state index in [4.69, 9.17) is 0 Å². The Morgan fingerprint density at radius 3 is 2.67 bits per heavy atom. The van der Waals surface area contributed by atoms with Crippen molar-refractivity contribution in [2.24, 2.45) is 5.41 Å². The van der Waals surface area contributed by atoms with Gasteiger partial charge in [-0.2, -0.15) is 5.10 Å². The molecule has 0 aliphatic carbocycles. The first-order valence-electron chi connectivity index (χ1n) is 10.00. The molecule has 5 rings (SSSR count). The van der Waals surface area contributed by atoms with Crippen LogP contribution in [0.5, 0.6) is 0 Å². The minimum absolute atomic E-state index is 0.139. The Morgan fingerprint density at radius 1 is 1.10 bits per heavy atom. The highest BCUT2D eigenvalue weighted by Gasteiger charge is 2.38. The summed E-state index contributed by atoms with van der Waals surface area (Å²) in [6.45, 7) is 2.43. The molecule has 3 aromatic rings. The number of nitrogens with zero attached hydrogens (tertiary/aromatic N) is 6. The molecule has 2 aliphatic heterocycles. The molecule has 0 atom stereocenters. The molecule has 2 fully saturated rings. The van der Waals surface area contributed by atoms with Crippen LogP contribution < -0.4 is 10.2 Å². The van der Waals surface area contributed by atoms with Crippen LogP contribution in [0.1, 0.15) is 37.8 Å². The van der Waals surface area contributed by atoms with E-state index >= 15 is 0 Å². The molecule has 1 spiro atoms. The van der Waals surface area contributed by atoms with Crippen molar-refractivity contribution in [3.05, 3.63) is 36.4 Å². The van der Waals surface area contributed by atoms with Crippen molar-refractivity contribution in [2.75, 3.05) is 24.5 Å². The van der Waals surface area contributed by atoms with Crippen LogP contribution in [0.4, 0.5) is 14.6 Å². The van der Waals surface area contributed by atoms with E-state index in [9.17, 15) is 13.6 Å². The second-order valence-electron chi connectivity index (χ2n) is 8.00. The normalized spacial score (nSPS) is 18.9. The van der Waals surface area contributed by atoms with Crippen molar-refractivity contribution in [1.82, 2.24) is 29.9 Å². The van der Waals surface area contributed by atoms with Gasteiger partial charge in [-0.3, -0.25) is 4.79 Å². The third-order valence-electron chi connectivity index (χ3n) is 6.21. The van der Waals surface area contributed by atoms with E-state index < -0.39 is 6.43 Å². The maximum absolute atomic E-state index is 13.1. The van der Waals surface area contributed by atoms with Crippen LogP contribution >= 0.6 is 0 Å². The number of nitrogens with one attached hydrogen (secondary N) is 1. The lowest BCUT2D eigenvalue weighted by molar-refractivity contribution is -0.124. The number of imidazole rings is 1. The molecule has 0 saturated carbocycles. The Kier molecular flexibility index (Phi) is 4.56.